The number of phenols is 1. The second kappa shape index (κ2) is 5.28. The zero-order valence-electron chi connectivity index (χ0n) is 13.2. The Morgan fingerprint density at radius 1 is 1.17 bits per heavy atom. The van der Waals surface area contributed by atoms with E-state index in [2.05, 4.69) is 0 Å². The van der Waals surface area contributed by atoms with E-state index < -0.39 is 5.79 Å². The molecule has 120 valence electrons. The number of aliphatic hydroxyl groups is 1. The number of hydrogen-bond donors (Lipinski definition) is 2. The Balaban J connectivity index is 2.22. The molecule has 3 rings (SSSR count). The van der Waals surface area contributed by atoms with Crippen molar-refractivity contribution in [2.45, 2.75) is 26.1 Å². The van der Waals surface area contributed by atoms with E-state index >= 15 is 0 Å². The Bertz CT molecular complexity index is 782. The molecule has 0 bridgehead atoms. The first-order valence-electron chi connectivity index (χ1n) is 7.29. The maximum absolute atomic E-state index is 12.7. The Morgan fingerprint density at radius 2 is 1.83 bits per heavy atom. The number of aromatic hydroxyl groups is 1. The van der Waals surface area contributed by atoms with Crippen LogP contribution in [0.25, 0.3) is 0 Å². The summed E-state index contributed by atoms with van der Waals surface area (Å²) >= 11 is 0. The van der Waals surface area contributed by atoms with Gasteiger partial charge in [0.1, 0.15) is 22.8 Å². The number of ether oxygens (including phenoxy) is 2. The molecule has 0 aliphatic carbocycles. The molecular weight excluding hydrogens is 296 g/mol. The summed E-state index contributed by atoms with van der Waals surface area (Å²) in [6.07, 6.45) is -0.218. The van der Waals surface area contributed by atoms with Gasteiger partial charge < -0.3 is 19.7 Å². The van der Waals surface area contributed by atoms with Crippen molar-refractivity contribution in [2.75, 3.05) is 7.11 Å². The van der Waals surface area contributed by atoms with Crippen molar-refractivity contribution in [3.63, 3.8) is 0 Å². The number of ketones is 1. The molecule has 0 radical (unpaired) electrons. The fourth-order valence-corrected chi connectivity index (χ4v) is 2.98. The van der Waals surface area contributed by atoms with Crippen LogP contribution in [0.15, 0.2) is 30.3 Å². The van der Waals surface area contributed by atoms with E-state index in [-0.39, 0.29) is 35.0 Å². The summed E-state index contributed by atoms with van der Waals surface area (Å²) in [5.74, 6) is -1.62. The molecule has 0 unspecified atom stereocenters. The minimum atomic E-state index is -1.76. The van der Waals surface area contributed by atoms with Gasteiger partial charge in [0.2, 0.25) is 5.79 Å². The summed E-state index contributed by atoms with van der Waals surface area (Å²) in [7, 11) is 1.43. The summed E-state index contributed by atoms with van der Waals surface area (Å²) < 4.78 is 11.1. The van der Waals surface area contributed by atoms with Crippen LogP contribution in [0.1, 0.15) is 33.5 Å². The molecule has 2 aromatic carbocycles. The standard InChI is InChI=1S/C18H18O5/c1-10-15(20)11(2)17-14(16(10)22-3)13(19)9-18(21,23-17)12-7-5-4-6-8-12/h4-8,20-21H,9H2,1-3H3/t18-/m0/s1. The fraction of sp³-hybridized carbons (Fsp3) is 0.278. The largest absolute Gasteiger partial charge is 0.507 e. The number of benzene rings is 2. The second-order valence-corrected chi connectivity index (χ2v) is 5.69. The van der Waals surface area contributed by atoms with E-state index in [0.717, 1.165) is 0 Å². The zero-order valence-corrected chi connectivity index (χ0v) is 13.2. The number of methoxy groups -OCH3 is 1. The van der Waals surface area contributed by atoms with Crippen molar-refractivity contribution in [1.29, 1.82) is 0 Å². The minimum Gasteiger partial charge on any atom is -0.507 e. The maximum atomic E-state index is 12.7. The number of phenolic OH excluding ortho intramolecular Hbond substituents is 1. The highest BCUT2D eigenvalue weighted by Gasteiger charge is 2.43. The first-order valence-corrected chi connectivity index (χ1v) is 7.29. The van der Waals surface area contributed by atoms with Crippen molar-refractivity contribution in [2.24, 2.45) is 0 Å². The third-order valence-corrected chi connectivity index (χ3v) is 4.22. The molecule has 0 aromatic heterocycles. The zero-order chi connectivity index (χ0) is 16.8. The minimum absolute atomic E-state index is 0.00860. The molecule has 1 aliphatic heterocycles. The van der Waals surface area contributed by atoms with Gasteiger partial charge in [0, 0.05) is 16.7 Å². The molecule has 1 aliphatic rings. The normalized spacial score (nSPS) is 19.9. The Hall–Kier alpha value is -2.53. The predicted molar refractivity (Wildman–Crippen MR) is 84.0 cm³/mol. The van der Waals surface area contributed by atoms with Crippen LogP contribution in [0, 0.1) is 13.8 Å². The molecule has 0 spiro atoms. The number of rotatable bonds is 2. The quantitative estimate of drug-likeness (QED) is 0.891. The molecule has 0 amide bonds. The first kappa shape index (κ1) is 15.4. The van der Waals surface area contributed by atoms with Crippen LogP contribution in [0.5, 0.6) is 17.2 Å². The Labute approximate surface area is 134 Å². The van der Waals surface area contributed by atoms with E-state index in [1.165, 1.54) is 7.11 Å². The smallest absolute Gasteiger partial charge is 0.242 e. The van der Waals surface area contributed by atoms with E-state index in [1.807, 2.05) is 6.07 Å². The van der Waals surface area contributed by atoms with Crippen LogP contribution in [0.2, 0.25) is 0 Å². The summed E-state index contributed by atoms with van der Waals surface area (Å²) in [5.41, 5.74) is 1.63. The van der Waals surface area contributed by atoms with E-state index in [4.69, 9.17) is 9.47 Å². The van der Waals surface area contributed by atoms with Crippen molar-refractivity contribution >= 4 is 5.78 Å². The lowest BCUT2D eigenvalue weighted by Crippen LogP contribution is -2.39. The Morgan fingerprint density at radius 3 is 2.43 bits per heavy atom. The van der Waals surface area contributed by atoms with E-state index in [0.29, 0.717) is 16.7 Å². The molecule has 0 fully saturated rings. The predicted octanol–water partition coefficient (Wildman–Crippen LogP) is 2.83. The van der Waals surface area contributed by atoms with Crippen molar-refractivity contribution in [3.05, 3.63) is 52.6 Å². The monoisotopic (exact) mass is 314 g/mol. The Kier molecular flexibility index (Phi) is 3.53. The fourth-order valence-electron chi connectivity index (χ4n) is 2.98. The van der Waals surface area contributed by atoms with Gasteiger partial charge in [0.25, 0.3) is 0 Å². The van der Waals surface area contributed by atoms with Crippen LogP contribution >= 0.6 is 0 Å². The van der Waals surface area contributed by atoms with Gasteiger partial charge in [0.15, 0.2) is 5.78 Å². The van der Waals surface area contributed by atoms with Gasteiger partial charge in [-0.25, -0.2) is 0 Å². The van der Waals surface area contributed by atoms with E-state index in [9.17, 15) is 15.0 Å². The van der Waals surface area contributed by atoms with Gasteiger partial charge in [-0.05, 0) is 13.8 Å². The number of carbonyl (C=O) groups excluding carboxylic acids is 1. The van der Waals surface area contributed by atoms with Gasteiger partial charge >= 0.3 is 0 Å². The van der Waals surface area contributed by atoms with Crippen molar-refractivity contribution < 1.29 is 24.5 Å². The number of carbonyl (C=O) groups is 1. The van der Waals surface area contributed by atoms with Crippen molar-refractivity contribution in [1.82, 2.24) is 0 Å². The molecule has 2 N–H and O–H groups in total. The van der Waals surface area contributed by atoms with Gasteiger partial charge in [-0.3, -0.25) is 4.79 Å². The lowest BCUT2D eigenvalue weighted by atomic mass is 9.89. The molecule has 5 nitrogen and oxygen atoms in total. The van der Waals surface area contributed by atoms with Crippen molar-refractivity contribution in [3.8, 4) is 17.2 Å². The second-order valence-electron chi connectivity index (χ2n) is 5.69. The number of fused-ring (bicyclic) bond motifs is 1. The number of hydrogen-bond acceptors (Lipinski definition) is 5. The highest BCUT2D eigenvalue weighted by atomic mass is 16.6. The van der Waals surface area contributed by atoms with E-state index in [1.54, 1.807) is 38.1 Å². The van der Waals surface area contributed by atoms with Gasteiger partial charge in [-0.1, -0.05) is 30.3 Å². The molecule has 0 saturated carbocycles. The van der Waals surface area contributed by atoms with Gasteiger partial charge in [-0.2, -0.15) is 0 Å². The average Bonchev–Trinajstić information content (AvgIpc) is 2.55. The van der Waals surface area contributed by atoms with Crippen LogP contribution in [-0.2, 0) is 5.79 Å². The highest BCUT2D eigenvalue weighted by Crippen LogP contribution is 2.48. The summed E-state index contributed by atoms with van der Waals surface area (Å²) in [5, 5.41) is 21.1. The topological polar surface area (TPSA) is 76.0 Å². The number of Topliss-reactive ketones (excluding diaryl/α,β-unsaturated/α-hetero) is 1. The van der Waals surface area contributed by atoms with Crippen LogP contribution in [-0.4, -0.2) is 23.1 Å². The lowest BCUT2D eigenvalue weighted by Gasteiger charge is -2.35. The molecule has 1 heterocycles. The van der Waals surface area contributed by atoms with Crippen LogP contribution in [0.4, 0.5) is 0 Å². The third-order valence-electron chi connectivity index (χ3n) is 4.22. The maximum Gasteiger partial charge on any atom is 0.242 e. The lowest BCUT2D eigenvalue weighted by molar-refractivity contribution is -0.148. The SMILES string of the molecule is COc1c(C)c(O)c(C)c2c1C(=O)C[C@@](O)(c1ccccc1)O2. The summed E-state index contributed by atoms with van der Waals surface area (Å²) in [6.45, 7) is 3.32. The molecule has 2 aromatic rings. The molecule has 1 atom stereocenters. The van der Waals surface area contributed by atoms with Gasteiger partial charge in [0.05, 0.1) is 13.5 Å². The molecule has 5 heteroatoms. The molecule has 0 saturated heterocycles. The average molecular weight is 314 g/mol. The summed E-state index contributed by atoms with van der Waals surface area (Å²) in [6, 6.07) is 8.72. The molecule has 23 heavy (non-hydrogen) atoms. The van der Waals surface area contributed by atoms with Crippen LogP contribution < -0.4 is 9.47 Å². The van der Waals surface area contributed by atoms with Crippen LogP contribution in [0.3, 0.4) is 0 Å². The molecular formula is C18H18O5. The summed E-state index contributed by atoms with van der Waals surface area (Å²) in [4.78, 5) is 12.7. The third kappa shape index (κ3) is 2.24. The first-order chi connectivity index (χ1) is 10.9. The van der Waals surface area contributed by atoms with Gasteiger partial charge in [-0.15, -0.1) is 0 Å². The highest BCUT2D eigenvalue weighted by molar-refractivity contribution is 6.04.